The van der Waals surface area contributed by atoms with Crippen LogP contribution in [0.3, 0.4) is 0 Å². The second kappa shape index (κ2) is 40.0. The maximum Gasteiger partial charge on any atom is 0.494 e. The second-order valence-corrected chi connectivity index (χ2v) is 30.2. The molecule has 9 N–H and O–H groups in total. The van der Waals surface area contributed by atoms with E-state index in [0.717, 1.165) is 130 Å². The predicted molar refractivity (Wildman–Crippen MR) is 443 cm³/mol. The molecule has 2 aliphatic heterocycles. The molecule has 0 radical (unpaired) electrons. The van der Waals surface area contributed by atoms with Crippen LogP contribution in [0.15, 0.2) is 91.4 Å². The van der Waals surface area contributed by atoms with Gasteiger partial charge in [-0.3, -0.25) is 16.1 Å². The Morgan fingerprint density at radius 1 is 0.482 bits per heavy atom. The van der Waals surface area contributed by atoms with Gasteiger partial charge in [0.15, 0.2) is 23.2 Å². The lowest BCUT2D eigenvalue weighted by molar-refractivity contribution is 0.00578. The highest BCUT2D eigenvalue weighted by atomic mass is 35.5. The molecule has 6 fully saturated rings. The molecule has 0 bridgehead atoms. The standard InChI is InChI=1S/C22H27N7O2.C18H19ClN6O.C14H21BN2O3.C10H10Cl2N4.C5HCl3N2O.C5H12N2.ClH/c1-23-22(30)25-16-8-6-15(7-9-16)19-18-14-24-29(17-4-2-3-5-17)20(18)27-21(26-19)28-10-12-31-13-11-28;1-20-18(26)22-12-8-6-11(7-9-12)15-14-10-21-25(13-4-2-3-5-13)16(14)24-17(19)23-15;1-13(2)14(3,4)20-15(19-13)10-6-8-11(9-7-10)17-12(18)16-5;11-8-7-5-13-16(6-3-1-2-4-6)9(7)15-10(12)14-8;6-3-2(1-11)4(7)10-5(8)9-3;6-7-5-3-1-2-4-5;/h6-9,14,17H,2-5,10-13H2,1H3,(H2,23,25,30);6-10,13H,2-5H2,1H3,(H2,20,22,26);6-9H,1-5H3,(H2,16,17,18);5-6H,1-4H2;1H;5,7H,1-4,6H2;1H. The molecule has 16 rings (SSSR count). The van der Waals surface area contributed by atoms with Crippen molar-refractivity contribution in [3.63, 3.8) is 0 Å². The van der Waals surface area contributed by atoms with Gasteiger partial charge in [-0.1, -0.05) is 123 Å². The topological polar surface area (TPSA) is 366 Å². The van der Waals surface area contributed by atoms with Crippen LogP contribution in [0.2, 0.25) is 31.3 Å². The van der Waals surface area contributed by atoms with Crippen LogP contribution in [0, 0.1) is 0 Å². The third kappa shape index (κ3) is 21.7. The van der Waals surface area contributed by atoms with Crippen molar-refractivity contribution in [3.05, 3.63) is 128 Å². The summed E-state index contributed by atoms with van der Waals surface area (Å²) >= 11 is 34.3. The average Bonchev–Trinajstić information content (AvgIpc) is 1.58. The number of carbonyl (C=O) groups is 4. The fraction of sp³-hybridized carbons (Fsp3) is 0.446. The number of hydrogen-bond acceptors (Lipinski definition) is 21. The Morgan fingerprint density at radius 3 is 1.24 bits per heavy atom. The summed E-state index contributed by atoms with van der Waals surface area (Å²) in [4.78, 5) is 80.6. The van der Waals surface area contributed by atoms with Crippen LogP contribution < -0.4 is 53.5 Å². The van der Waals surface area contributed by atoms with E-state index in [4.69, 9.17) is 105 Å². The first kappa shape index (κ1) is 86.0. The number of urea groups is 3. The molecule has 2 saturated heterocycles. The summed E-state index contributed by atoms with van der Waals surface area (Å²) in [6, 6.07) is 23.7. The monoisotopic (exact) mass is 1670 g/mol. The van der Waals surface area contributed by atoms with Crippen LogP contribution in [0.25, 0.3) is 55.6 Å². The van der Waals surface area contributed by atoms with E-state index in [1.807, 2.05) is 122 Å². The van der Waals surface area contributed by atoms with Crippen molar-refractivity contribution in [3.8, 4) is 22.5 Å². The number of anilines is 4. The minimum absolute atomic E-state index is 0. The van der Waals surface area contributed by atoms with Gasteiger partial charge in [0.25, 0.3) is 0 Å². The molecule has 9 heterocycles. The molecule has 6 aliphatic rings. The first-order valence-corrected chi connectivity index (χ1v) is 39.2. The van der Waals surface area contributed by atoms with E-state index < -0.39 is 0 Å². The Bertz CT molecular complexity index is 4780. The molecule has 0 spiro atoms. The Kier molecular flexibility index (Phi) is 30.7. The number of hydrogen-bond donors (Lipinski definition) is 8. The molecule has 7 aromatic heterocycles. The average molecular weight is 1670 g/mol. The predicted octanol–water partition coefficient (Wildman–Crippen LogP) is 15.3. The van der Waals surface area contributed by atoms with Gasteiger partial charge in [-0.05, 0) is 156 Å². The molecular formula is C74H91BCl7N23O7. The summed E-state index contributed by atoms with van der Waals surface area (Å²) in [7, 11) is 4.37. The summed E-state index contributed by atoms with van der Waals surface area (Å²) in [6.07, 6.45) is 25.4. The van der Waals surface area contributed by atoms with E-state index in [1.165, 1.54) is 64.2 Å². The highest BCUT2D eigenvalue weighted by Gasteiger charge is 2.51. The van der Waals surface area contributed by atoms with Crippen LogP contribution >= 0.6 is 82.0 Å². The first-order chi connectivity index (χ1) is 53.5. The molecule has 38 heteroatoms. The molecule has 6 amide bonds. The van der Waals surface area contributed by atoms with Crippen molar-refractivity contribution in [2.45, 2.75) is 166 Å². The maximum absolute atomic E-state index is 11.6. The highest BCUT2D eigenvalue weighted by molar-refractivity contribution is 6.62. The number of fused-ring (bicyclic) bond motifs is 3. The number of ether oxygens (including phenoxy) is 1. The summed E-state index contributed by atoms with van der Waals surface area (Å²) in [5.41, 5.74) is 11.1. The van der Waals surface area contributed by atoms with Gasteiger partial charge < -0.3 is 50.8 Å². The number of nitrogens with one attached hydrogen (secondary N) is 7. The van der Waals surface area contributed by atoms with Crippen LogP contribution in [0.4, 0.5) is 37.4 Å². The smallest absolute Gasteiger partial charge is 0.399 e. The summed E-state index contributed by atoms with van der Waals surface area (Å²) in [5.74, 6) is 5.90. The van der Waals surface area contributed by atoms with Gasteiger partial charge in [0.1, 0.15) is 15.5 Å². The summed E-state index contributed by atoms with van der Waals surface area (Å²) < 4.78 is 23.5. The minimum Gasteiger partial charge on any atom is -0.399 e. The molecule has 596 valence electrons. The first-order valence-electron chi connectivity index (χ1n) is 36.9. The fourth-order valence-corrected chi connectivity index (χ4v) is 14.9. The van der Waals surface area contributed by atoms with Crippen molar-refractivity contribution in [1.82, 2.24) is 90.6 Å². The van der Waals surface area contributed by atoms with Crippen molar-refractivity contribution in [2.75, 3.05) is 68.3 Å². The SMILES string of the molecule is CNC(=O)Nc1ccc(-c2nc(Cl)nc3c2cnn3C2CCCC2)cc1.CNC(=O)Nc1ccc(-c2nc(N3CCOCC3)nc3c2cnn3C2CCCC2)cc1.CNC(=O)Nc1ccc(B2OC(C)(C)C(C)(C)O2)cc1.Cl.Clc1nc(Cl)c2cnn(C3CCCC3)c2n1.NNC1CCCC1.O=Cc1c(Cl)nc(Cl)nc1Cl. The molecule has 30 nitrogen and oxygen atoms in total. The number of nitrogens with two attached hydrogens (primary N) is 1. The van der Waals surface area contributed by atoms with Crippen molar-refractivity contribution >= 4 is 175 Å². The zero-order valence-electron chi connectivity index (χ0n) is 63.1. The molecule has 0 atom stereocenters. The number of aldehydes is 1. The molecule has 3 aromatic carbocycles. The Morgan fingerprint density at radius 2 is 0.839 bits per heavy atom. The molecular weight excluding hydrogens is 1580 g/mol. The zero-order chi connectivity index (χ0) is 78.9. The van der Waals surface area contributed by atoms with Crippen LogP contribution in [0.5, 0.6) is 0 Å². The van der Waals surface area contributed by atoms with Crippen LogP contribution in [0.1, 0.15) is 159 Å². The zero-order valence-corrected chi connectivity index (χ0v) is 68.4. The third-order valence-electron chi connectivity index (χ3n) is 20.3. The number of halogens is 7. The van der Waals surface area contributed by atoms with E-state index in [9.17, 15) is 19.2 Å². The van der Waals surface area contributed by atoms with E-state index in [0.29, 0.717) is 54.5 Å². The van der Waals surface area contributed by atoms with Crippen molar-refractivity contribution in [1.29, 1.82) is 0 Å². The number of benzene rings is 3. The molecule has 4 aliphatic carbocycles. The van der Waals surface area contributed by atoms with E-state index in [1.54, 1.807) is 27.3 Å². The maximum atomic E-state index is 11.6. The fourth-order valence-electron chi connectivity index (χ4n) is 13.6. The van der Waals surface area contributed by atoms with Crippen molar-refractivity contribution < 1.29 is 33.2 Å². The quantitative estimate of drug-likeness (QED) is 0.0141. The van der Waals surface area contributed by atoms with Gasteiger partial charge in [0.05, 0.1) is 94.2 Å². The third-order valence-corrected chi connectivity index (χ3v) is 21.7. The summed E-state index contributed by atoms with van der Waals surface area (Å²) in [6.45, 7) is 11.0. The normalized spacial score (nSPS) is 16.6. The lowest BCUT2D eigenvalue weighted by atomic mass is 9.79. The Hall–Kier alpha value is -8.44. The van der Waals surface area contributed by atoms with Gasteiger partial charge >= 0.3 is 25.2 Å². The molecule has 0 unspecified atom stereocenters. The van der Waals surface area contributed by atoms with Gasteiger partial charge in [-0.25, -0.2) is 53.3 Å². The minimum atomic E-state index is -0.381. The van der Waals surface area contributed by atoms with Gasteiger partial charge in [0.2, 0.25) is 21.8 Å². The van der Waals surface area contributed by atoms with Gasteiger partial charge in [-0.2, -0.15) is 30.2 Å². The number of amides is 6. The number of nitrogens with zero attached hydrogens (tertiary/aromatic N) is 15. The number of rotatable bonds is 12. The number of morpholine rings is 1. The Labute approximate surface area is 685 Å². The van der Waals surface area contributed by atoms with E-state index >= 15 is 0 Å². The van der Waals surface area contributed by atoms with Crippen LogP contribution in [-0.2, 0) is 14.0 Å². The van der Waals surface area contributed by atoms with Crippen molar-refractivity contribution in [2.24, 2.45) is 5.84 Å². The molecule has 112 heavy (non-hydrogen) atoms. The molecule has 4 saturated carbocycles. The summed E-state index contributed by atoms with van der Waals surface area (Å²) in [5, 5.41) is 32.7. The van der Waals surface area contributed by atoms with Crippen LogP contribution in [-0.4, -0.2) is 165 Å². The number of aromatic nitrogens is 14. The number of carbonyl (C=O) groups excluding carboxylic acids is 4. The largest absolute Gasteiger partial charge is 0.494 e. The van der Waals surface area contributed by atoms with Gasteiger partial charge in [-0.15, -0.1) is 12.4 Å². The Balaban J connectivity index is 0.000000150. The lowest BCUT2D eigenvalue weighted by Crippen LogP contribution is -2.41. The van der Waals surface area contributed by atoms with E-state index in [-0.39, 0.29) is 80.5 Å². The van der Waals surface area contributed by atoms with E-state index in [2.05, 4.69) is 87.0 Å². The molecule has 10 aromatic rings. The lowest BCUT2D eigenvalue weighted by Gasteiger charge is -2.32. The number of hydrazine groups is 1. The highest BCUT2D eigenvalue weighted by Crippen LogP contribution is 2.40. The second-order valence-electron chi connectivity index (χ2n) is 28.1. The van der Waals surface area contributed by atoms with Gasteiger partial charge in [0, 0.05) is 68.5 Å².